The minimum absolute atomic E-state index is 0.100. The van der Waals surface area contributed by atoms with E-state index in [-0.39, 0.29) is 17.2 Å². The lowest BCUT2D eigenvalue weighted by Gasteiger charge is -2.09. The highest BCUT2D eigenvalue weighted by atomic mass is 16.3. The molecule has 0 unspecified atom stereocenters. The Morgan fingerprint density at radius 2 is 2.25 bits per heavy atom. The molecule has 0 aliphatic heterocycles. The van der Waals surface area contributed by atoms with Gasteiger partial charge < -0.3 is 15.7 Å². The van der Waals surface area contributed by atoms with Crippen molar-refractivity contribution in [1.82, 2.24) is 15.6 Å². The molecule has 0 aliphatic carbocycles. The lowest BCUT2D eigenvalue weighted by atomic mass is 10.2. The van der Waals surface area contributed by atoms with E-state index in [1.54, 1.807) is 0 Å². The number of nitrogens with one attached hydrogen (secondary N) is 2. The molecule has 0 fully saturated rings. The number of hydrogen-bond donors (Lipinski definition) is 3. The lowest BCUT2D eigenvalue weighted by molar-refractivity contribution is 0.0951. The van der Waals surface area contributed by atoms with Crippen molar-refractivity contribution in [2.75, 3.05) is 13.1 Å². The number of aromatic nitrogens is 1. The summed E-state index contributed by atoms with van der Waals surface area (Å²) in [4.78, 5) is 15.3. The first kappa shape index (κ1) is 12.4. The first-order valence-corrected chi connectivity index (χ1v) is 5.26. The van der Waals surface area contributed by atoms with Gasteiger partial charge in [0, 0.05) is 25.3 Å². The molecule has 16 heavy (non-hydrogen) atoms. The third kappa shape index (κ3) is 3.86. The molecule has 1 heterocycles. The van der Waals surface area contributed by atoms with E-state index in [1.807, 2.05) is 13.8 Å². The SMILES string of the molecule is CC(C)NCCNC(=O)c1ccncc1O. The van der Waals surface area contributed by atoms with Crippen molar-refractivity contribution in [3.8, 4) is 5.75 Å². The van der Waals surface area contributed by atoms with E-state index in [2.05, 4.69) is 15.6 Å². The molecule has 0 saturated heterocycles. The van der Waals surface area contributed by atoms with Gasteiger partial charge in [0.2, 0.25) is 0 Å². The number of rotatable bonds is 5. The summed E-state index contributed by atoms with van der Waals surface area (Å²) in [7, 11) is 0. The van der Waals surface area contributed by atoms with Crippen LogP contribution in [0.5, 0.6) is 5.75 Å². The Kier molecular flexibility index (Phi) is 4.72. The predicted molar refractivity (Wildman–Crippen MR) is 61.4 cm³/mol. The molecule has 3 N–H and O–H groups in total. The third-order valence-electron chi connectivity index (χ3n) is 2.01. The molecular weight excluding hydrogens is 206 g/mol. The second kappa shape index (κ2) is 6.07. The van der Waals surface area contributed by atoms with Crippen molar-refractivity contribution in [1.29, 1.82) is 0 Å². The van der Waals surface area contributed by atoms with Crippen LogP contribution in [0.25, 0.3) is 0 Å². The van der Waals surface area contributed by atoms with Gasteiger partial charge in [-0.05, 0) is 6.07 Å². The van der Waals surface area contributed by atoms with Crippen LogP contribution in [0.1, 0.15) is 24.2 Å². The predicted octanol–water partition coefficient (Wildman–Crippen LogP) is 0.515. The van der Waals surface area contributed by atoms with Crippen LogP contribution < -0.4 is 10.6 Å². The van der Waals surface area contributed by atoms with Crippen LogP contribution in [-0.2, 0) is 0 Å². The molecule has 5 heteroatoms. The molecule has 0 atom stereocenters. The minimum atomic E-state index is -0.287. The van der Waals surface area contributed by atoms with Crippen molar-refractivity contribution >= 4 is 5.91 Å². The summed E-state index contributed by atoms with van der Waals surface area (Å²) in [6.07, 6.45) is 2.72. The topological polar surface area (TPSA) is 74.2 Å². The summed E-state index contributed by atoms with van der Waals surface area (Å²) in [6.45, 7) is 5.31. The Morgan fingerprint density at radius 3 is 2.88 bits per heavy atom. The smallest absolute Gasteiger partial charge is 0.255 e. The fraction of sp³-hybridized carbons (Fsp3) is 0.455. The molecule has 0 spiro atoms. The summed E-state index contributed by atoms with van der Waals surface area (Å²) in [5.74, 6) is -0.387. The molecule has 0 saturated carbocycles. The summed E-state index contributed by atoms with van der Waals surface area (Å²) in [6, 6.07) is 1.88. The molecule has 1 rings (SSSR count). The Balaban J connectivity index is 2.39. The maximum Gasteiger partial charge on any atom is 0.255 e. The zero-order valence-corrected chi connectivity index (χ0v) is 9.53. The van der Waals surface area contributed by atoms with Gasteiger partial charge in [-0.1, -0.05) is 13.8 Å². The molecule has 1 aromatic heterocycles. The quantitative estimate of drug-likeness (QED) is 0.636. The van der Waals surface area contributed by atoms with Crippen molar-refractivity contribution in [2.45, 2.75) is 19.9 Å². The third-order valence-corrected chi connectivity index (χ3v) is 2.01. The molecule has 0 bridgehead atoms. The molecule has 5 nitrogen and oxygen atoms in total. The second-order valence-corrected chi connectivity index (χ2v) is 3.76. The van der Waals surface area contributed by atoms with Gasteiger partial charge in [0.15, 0.2) is 0 Å². The summed E-state index contributed by atoms with van der Waals surface area (Å²) in [5, 5.41) is 15.3. The number of nitrogens with zero attached hydrogens (tertiary/aromatic N) is 1. The minimum Gasteiger partial charge on any atom is -0.505 e. The number of carbonyl (C=O) groups excluding carboxylic acids is 1. The normalized spacial score (nSPS) is 10.4. The van der Waals surface area contributed by atoms with Gasteiger partial charge in [-0.25, -0.2) is 0 Å². The van der Waals surface area contributed by atoms with Crippen molar-refractivity contribution in [3.05, 3.63) is 24.0 Å². The monoisotopic (exact) mass is 223 g/mol. The Bertz CT molecular complexity index is 353. The van der Waals surface area contributed by atoms with E-state index in [0.29, 0.717) is 19.1 Å². The van der Waals surface area contributed by atoms with Crippen LogP contribution in [0.3, 0.4) is 0 Å². The van der Waals surface area contributed by atoms with Crippen LogP contribution in [0.2, 0.25) is 0 Å². The zero-order valence-electron chi connectivity index (χ0n) is 9.53. The van der Waals surface area contributed by atoms with E-state index < -0.39 is 0 Å². The van der Waals surface area contributed by atoms with Gasteiger partial charge in [0.25, 0.3) is 5.91 Å². The Labute approximate surface area is 94.9 Å². The van der Waals surface area contributed by atoms with E-state index in [4.69, 9.17) is 0 Å². The number of pyridine rings is 1. The van der Waals surface area contributed by atoms with Gasteiger partial charge in [-0.15, -0.1) is 0 Å². The van der Waals surface area contributed by atoms with Crippen LogP contribution >= 0.6 is 0 Å². The molecule has 0 aromatic carbocycles. The van der Waals surface area contributed by atoms with Crippen molar-refractivity contribution in [3.63, 3.8) is 0 Å². The van der Waals surface area contributed by atoms with Crippen LogP contribution in [-0.4, -0.2) is 35.1 Å². The number of carbonyl (C=O) groups is 1. The van der Waals surface area contributed by atoms with Crippen LogP contribution in [0.4, 0.5) is 0 Å². The first-order valence-electron chi connectivity index (χ1n) is 5.26. The van der Waals surface area contributed by atoms with Crippen molar-refractivity contribution < 1.29 is 9.90 Å². The maximum atomic E-state index is 11.6. The van der Waals surface area contributed by atoms with Gasteiger partial charge in [0.05, 0.1) is 11.8 Å². The summed E-state index contributed by atoms with van der Waals surface area (Å²) >= 11 is 0. The van der Waals surface area contributed by atoms with E-state index in [0.717, 1.165) is 0 Å². The molecule has 0 radical (unpaired) electrons. The van der Waals surface area contributed by atoms with Crippen LogP contribution in [0, 0.1) is 0 Å². The van der Waals surface area contributed by atoms with Gasteiger partial charge in [0.1, 0.15) is 5.75 Å². The number of amides is 1. The first-order chi connectivity index (χ1) is 7.61. The highest BCUT2D eigenvalue weighted by Gasteiger charge is 2.09. The lowest BCUT2D eigenvalue weighted by Crippen LogP contribution is -2.34. The average Bonchev–Trinajstić information content (AvgIpc) is 2.24. The number of hydrogen-bond acceptors (Lipinski definition) is 4. The second-order valence-electron chi connectivity index (χ2n) is 3.76. The van der Waals surface area contributed by atoms with Gasteiger partial charge in [-0.3, -0.25) is 9.78 Å². The highest BCUT2D eigenvalue weighted by molar-refractivity contribution is 5.96. The Hall–Kier alpha value is -1.62. The van der Waals surface area contributed by atoms with Crippen molar-refractivity contribution in [2.24, 2.45) is 0 Å². The summed E-state index contributed by atoms with van der Waals surface area (Å²) in [5.41, 5.74) is 0.250. The standard InChI is InChI=1S/C11H17N3O2/c1-8(2)13-5-6-14-11(16)9-3-4-12-7-10(9)15/h3-4,7-8,13,15H,5-6H2,1-2H3,(H,14,16). The molecule has 88 valence electrons. The molecule has 0 aliphatic rings. The van der Waals surface area contributed by atoms with Gasteiger partial charge in [-0.2, -0.15) is 0 Å². The van der Waals surface area contributed by atoms with E-state index in [1.165, 1.54) is 18.5 Å². The average molecular weight is 223 g/mol. The fourth-order valence-corrected chi connectivity index (χ4v) is 1.21. The van der Waals surface area contributed by atoms with E-state index >= 15 is 0 Å². The molecular formula is C11H17N3O2. The van der Waals surface area contributed by atoms with Gasteiger partial charge >= 0.3 is 0 Å². The molecule has 1 amide bonds. The fourth-order valence-electron chi connectivity index (χ4n) is 1.21. The van der Waals surface area contributed by atoms with Crippen LogP contribution in [0.15, 0.2) is 18.5 Å². The summed E-state index contributed by atoms with van der Waals surface area (Å²) < 4.78 is 0. The largest absolute Gasteiger partial charge is 0.505 e. The number of aromatic hydroxyl groups is 1. The molecule has 1 aromatic rings. The maximum absolute atomic E-state index is 11.6. The zero-order chi connectivity index (χ0) is 12.0. The van der Waals surface area contributed by atoms with E-state index in [9.17, 15) is 9.90 Å². The highest BCUT2D eigenvalue weighted by Crippen LogP contribution is 2.12. The Morgan fingerprint density at radius 1 is 1.50 bits per heavy atom.